The molecule has 5 heteroatoms. The molecule has 1 N–H and O–H groups in total. The summed E-state index contributed by atoms with van der Waals surface area (Å²) in [4.78, 5) is 0. The van der Waals surface area contributed by atoms with Crippen molar-refractivity contribution in [3.63, 3.8) is 0 Å². The monoisotopic (exact) mass is 232 g/mol. The van der Waals surface area contributed by atoms with Crippen molar-refractivity contribution in [3.05, 3.63) is 23.2 Å². The van der Waals surface area contributed by atoms with E-state index >= 15 is 0 Å². The normalized spacial score (nSPS) is 14.1. The molecular weight excluding hydrogens is 216 g/mol. The van der Waals surface area contributed by atoms with Gasteiger partial charge in [0.05, 0.1) is 18.1 Å². The zero-order valence-corrected chi connectivity index (χ0v) is 9.97. The van der Waals surface area contributed by atoms with Gasteiger partial charge in [-0.15, -0.1) is 0 Å². The van der Waals surface area contributed by atoms with E-state index in [0.29, 0.717) is 11.3 Å². The first kappa shape index (κ1) is 12.3. The van der Waals surface area contributed by atoms with E-state index in [9.17, 15) is 13.5 Å². The maximum atomic E-state index is 11.3. The Hall–Kier alpha value is -0.810. The summed E-state index contributed by atoms with van der Waals surface area (Å²) in [5, 5.41) is 9.80. The average molecular weight is 232 g/mol. The lowest BCUT2D eigenvalue weighted by atomic mass is 10.1. The summed E-state index contributed by atoms with van der Waals surface area (Å²) in [6.45, 7) is 5.06. The van der Waals surface area contributed by atoms with Gasteiger partial charge in [-0.1, -0.05) is 6.92 Å². The summed E-state index contributed by atoms with van der Waals surface area (Å²) in [6, 6.07) is 0. The number of rotatable bonds is 4. The minimum Gasteiger partial charge on any atom is -0.469 e. The molecule has 1 aromatic heterocycles. The molecule has 0 saturated heterocycles. The number of aryl methyl sites for hydroxylation is 2. The quantitative estimate of drug-likeness (QED) is 0.851. The molecule has 0 aliphatic heterocycles. The molecule has 4 nitrogen and oxygen atoms in total. The summed E-state index contributed by atoms with van der Waals surface area (Å²) in [7, 11) is -3.17. The van der Waals surface area contributed by atoms with Crippen LogP contribution in [0.4, 0.5) is 0 Å². The second-order valence-corrected chi connectivity index (χ2v) is 6.00. The van der Waals surface area contributed by atoms with Gasteiger partial charge in [0, 0.05) is 11.3 Å². The second kappa shape index (κ2) is 4.37. The Labute approximate surface area is 89.8 Å². The van der Waals surface area contributed by atoms with Crippen LogP contribution in [-0.2, 0) is 9.84 Å². The van der Waals surface area contributed by atoms with Gasteiger partial charge in [-0.25, -0.2) is 8.42 Å². The highest BCUT2D eigenvalue weighted by atomic mass is 32.2. The molecule has 0 radical (unpaired) electrons. The molecule has 0 amide bonds. The fraction of sp³-hybridized carbons (Fsp3) is 0.600. The van der Waals surface area contributed by atoms with Crippen LogP contribution in [0, 0.1) is 13.8 Å². The molecule has 0 aromatic carbocycles. The number of aliphatic hydroxyl groups excluding tert-OH is 1. The number of hydrogen-bond donors (Lipinski definition) is 1. The van der Waals surface area contributed by atoms with Crippen molar-refractivity contribution in [2.75, 3.05) is 11.5 Å². The number of aliphatic hydroxyl groups is 1. The van der Waals surface area contributed by atoms with Crippen LogP contribution in [0.3, 0.4) is 0 Å². The highest BCUT2D eigenvalue weighted by Gasteiger charge is 2.21. The Morgan fingerprint density at radius 2 is 2.07 bits per heavy atom. The molecule has 0 fully saturated rings. The molecule has 0 unspecified atom stereocenters. The van der Waals surface area contributed by atoms with Crippen LogP contribution in [-0.4, -0.2) is 25.0 Å². The zero-order chi connectivity index (χ0) is 11.6. The van der Waals surface area contributed by atoms with Crippen LogP contribution in [0.5, 0.6) is 0 Å². The smallest absolute Gasteiger partial charge is 0.152 e. The van der Waals surface area contributed by atoms with Crippen LogP contribution in [0.25, 0.3) is 0 Å². The van der Waals surface area contributed by atoms with Crippen molar-refractivity contribution in [3.8, 4) is 0 Å². The second-order valence-electron chi connectivity index (χ2n) is 3.60. The Morgan fingerprint density at radius 3 is 2.47 bits per heavy atom. The largest absolute Gasteiger partial charge is 0.469 e. The van der Waals surface area contributed by atoms with Crippen molar-refractivity contribution in [1.82, 2.24) is 0 Å². The lowest BCUT2D eigenvalue weighted by Gasteiger charge is -2.10. The van der Waals surface area contributed by atoms with Gasteiger partial charge in [0.25, 0.3) is 0 Å². The molecule has 1 heterocycles. The highest BCUT2D eigenvalue weighted by Crippen LogP contribution is 2.24. The SMILES string of the molecule is CCS(=O)(=O)C[C@H](O)c1c(C)coc1C. The maximum absolute atomic E-state index is 11.3. The van der Waals surface area contributed by atoms with Gasteiger partial charge in [0.15, 0.2) is 9.84 Å². The summed E-state index contributed by atoms with van der Waals surface area (Å²) in [5.41, 5.74) is 1.37. The Bertz CT molecular complexity index is 411. The predicted molar refractivity (Wildman–Crippen MR) is 57.5 cm³/mol. The van der Waals surface area contributed by atoms with E-state index in [-0.39, 0.29) is 11.5 Å². The van der Waals surface area contributed by atoms with Gasteiger partial charge in [-0.3, -0.25) is 0 Å². The Kier molecular flexibility index (Phi) is 3.57. The van der Waals surface area contributed by atoms with Crippen LogP contribution in [0.2, 0.25) is 0 Å². The summed E-state index contributed by atoms with van der Waals surface area (Å²) in [5.74, 6) is 0.372. The highest BCUT2D eigenvalue weighted by molar-refractivity contribution is 7.91. The Morgan fingerprint density at radius 1 is 1.47 bits per heavy atom. The van der Waals surface area contributed by atoms with Gasteiger partial charge in [-0.05, 0) is 19.4 Å². The van der Waals surface area contributed by atoms with E-state index in [0.717, 1.165) is 5.56 Å². The van der Waals surface area contributed by atoms with E-state index in [4.69, 9.17) is 4.42 Å². The van der Waals surface area contributed by atoms with E-state index in [1.807, 2.05) is 0 Å². The summed E-state index contributed by atoms with van der Waals surface area (Å²) in [6.07, 6.45) is 0.528. The third-order valence-electron chi connectivity index (χ3n) is 2.40. The third-order valence-corrected chi connectivity index (χ3v) is 4.10. The molecule has 1 atom stereocenters. The van der Waals surface area contributed by atoms with Crippen molar-refractivity contribution in [1.29, 1.82) is 0 Å². The summed E-state index contributed by atoms with van der Waals surface area (Å²) < 4.78 is 27.8. The van der Waals surface area contributed by atoms with Crippen molar-refractivity contribution in [2.24, 2.45) is 0 Å². The zero-order valence-electron chi connectivity index (χ0n) is 9.15. The number of sulfone groups is 1. The molecule has 0 aliphatic rings. The minimum absolute atomic E-state index is 0.0417. The molecule has 0 saturated carbocycles. The maximum Gasteiger partial charge on any atom is 0.152 e. The van der Waals surface area contributed by atoms with Gasteiger partial charge in [0.1, 0.15) is 5.76 Å². The standard InChI is InChI=1S/C10H16O4S/c1-4-15(12,13)6-9(11)10-7(2)5-14-8(10)3/h5,9,11H,4,6H2,1-3H3/t9-/m0/s1. The first-order valence-corrected chi connectivity index (χ1v) is 6.62. The van der Waals surface area contributed by atoms with E-state index in [1.54, 1.807) is 20.8 Å². The van der Waals surface area contributed by atoms with Crippen molar-refractivity contribution in [2.45, 2.75) is 26.9 Å². The van der Waals surface area contributed by atoms with E-state index in [2.05, 4.69) is 0 Å². The fourth-order valence-corrected chi connectivity index (χ4v) is 2.40. The third kappa shape index (κ3) is 2.82. The molecule has 1 rings (SSSR count). The first-order valence-electron chi connectivity index (χ1n) is 4.80. The first-order chi connectivity index (χ1) is 6.87. The molecule has 15 heavy (non-hydrogen) atoms. The molecule has 0 bridgehead atoms. The van der Waals surface area contributed by atoms with Crippen LogP contribution < -0.4 is 0 Å². The van der Waals surface area contributed by atoms with Gasteiger partial charge in [-0.2, -0.15) is 0 Å². The molecule has 86 valence electrons. The molecule has 0 aliphatic carbocycles. The Balaban J connectivity index is 2.91. The van der Waals surface area contributed by atoms with E-state index < -0.39 is 15.9 Å². The predicted octanol–water partition coefficient (Wildman–Crippen LogP) is 1.36. The van der Waals surface area contributed by atoms with Gasteiger partial charge in [0.2, 0.25) is 0 Å². The molecule has 0 spiro atoms. The van der Waals surface area contributed by atoms with Crippen LogP contribution >= 0.6 is 0 Å². The topological polar surface area (TPSA) is 67.5 Å². The minimum atomic E-state index is -3.17. The molecular formula is C10H16O4S. The lowest BCUT2D eigenvalue weighted by Crippen LogP contribution is -2.16. The van der Waals surface area contributed by atoms with E-state index in [1.165, 1.54) is 6.26 Å². The van der Waals surface area contributed by atoms with Crippen LogP contribution in [0.1, 0.15) is 29.9 Å². The average Bonchev–Trinajstić information content (AvgIpc) is 2.45. The van der Waals surface area contributed by atoms with Crippen LogP contribution in [0.15, 0.2) is 10.7 Å². The number of hydrogen-bond acceptors (Lipinski definition) is 4. The van der Waals surface area contributed by atoms with Crippen molar-refractivity contribution >= 4 is 9.84 Å². The van der Waals surface area contributed by atoms with Gasteiger partial charge < -0.3 is 9.52 Å². The number of furan rings is 1. The van der Waals surface area contributed by atoms with Crippen molar-refractivity contribution < 1.29 is 17.9 Å². The fourth-order valence-electron chi connectivity index (χ4n) is 1.52. The lowest BCUT2D eigenvalue weighted by molar-refractivity contribution is 0.199. The van der Waals surface area contributed by atoms with Gasteiger partial charge >= 0.3 is 0 Å². The summed E-state index contributed by atoms with van der Waals surface area (Å²) >= 11 is 0. The molecule has 1 aromatic rings.